The van der Waals surface area contributed by atoms with Gasteiger partial charge in [-0.1, -0.05) is 51.1 Å². The third kappa shape index (κ3) is 6.10. The Balaban J connectivity index is 1.96. The van der Waals surface area contributed by atoms with Gasteiger partial charge in [-0.25, -0.2) is 13.1 Å². The van der Waals surface area contributed by atoms with E-state index in [2.05, 4.69) is 4.72 Å². The fraction of sp³-hybridized carbons (Fsp3) is 0.381. The lowest BCUT2D eigenvalue weighted by Gasteiger charge is -2.20. The minimum absolute atomic E-state index is 0.0735. The van der Waals surface area contributed by atoms with Gasteiger partial charge in [0.15, 0.2) is 0 Å². The van der Waals surface area contributed by atoms with Crippen molar-refractivity contribution in [2.45, 2.75) is 50.8 Å². The topological polar surface area (TPSA) is 72.5 Å². The highest BCUT2D eigenvalue weighted by Gasteiger charge is 2.23. The number of benzene rings is 2. The number of carbonyl (C=O) groups is 1. The van der Waals surface area contributed by atoms with Crippen LogP contribution in [0.1, 0.15) is 44.7 Å². The summed E-state index contributed by atoms with van der Waals surface area (Å²) in [6.07, 6.45) is 0.501. The van der Waals surface area contributed by atoms with Gasteiger partial charge in [-0.05, 0) is 48.1 Å². The monoisotopic (exact) mass is 389 g/mol. The van der Waals surface area contributed by atoms with E-state index in [9.17, 15) is 13.2 Å². The summed E-state index contributed by atoms with van der Waals surface area (Å²) < 4.78 is 32.9. The van der Waals surface area contributed by atoms with Crippen LogP contribution in [0.25, 0.3) is 0 Å². The van der Waals surface area contributed by atoms with E-state index < -0.39 is 15.9 Å². The molecule has 1 amide bonds. The van der Waals surface area contributed by atoms with Crippen molar-refractivity contribution in [3.8, 4) is 5.75 Å². The Bertz CT molecular complexity index is 884. The van der Waals surface area contributed by atoms with E-state index in [4.69, 9.17) is 4.74 Å². The Morgan fingerprint density at radius 3 is 2.37 bits per heavy atom. The largest absolute Gasteiger partial charge is 0.494 e. The zero-order chi connectivity index (χ0) is 20.1. The molecule has 2 aromatic carbocycles. The van der Waals surface area contributed by atoms with Gasteiger partial charge in [-0.2, -0.15) is 0 Å². The number of carbonyl (C=O) groups excluding carboxylic acids is 1. The van der Waals surface area contributed by atoms with Gasteiger partial charge in [0, 0.05) is 6.42 Å². The van der Waals surface area contributed by atoms with E-state index >= 15 is 0 Å². The molecular weight excluding hydrogens is 362 g/mol. The third-order valence-electron chi connectivity index (χ3n) is 4.15. The summed E-state index contributed by atoms with van der Waals surface area (Å²) in [5.41, 5.74) is 1.32. The average Bonchev–Trinajstić information content (AvgIpc) is 2.58. The molecule has 0 heterocycles. The van der Waals surface area contributed by atoms with E-state index in [-0.39, 0.29) is 16.7 Å². The molecule has 0 atom stereocenters. The first kappa shape index (κ1) is 21.0. The minimum atomic E-state index is -3.90. The molecule has 0 saturated carbocycles. The molecule has 0 bridgehead atoms. The van der Waals surface area contributed by atoms with Crippen LogP contribution >= 0.6 is 0 Å². The summed E-state index contributed by atoms with van der Waals surface area (Å²) in [7, 11) is -3.90. The van der Waals surface area contributed by atoms with Gasteiger partial charge in [0.1, 0.15) is 5.75 Å². The quantitative estimate of drug-likeness (QED) is 0.728. The van der Waals surface area contributed by atoms with Gasteiger partial charge in [0.2, 0.25) is 5.91 Å². The average molecular weight is 390 g/mol. The summed E-state index contributed by atoms with van der Waals surface area (Å²) in [5.74, 6) is 0.187. The maximum atomic E-state index is 12.6. The molecule has 2 rings (SSSR count). The second-order valence-electron chi connectivity index (χ2n) is 7.52. The number of ether oxygens (including phenoxy) is 1. The molecule has 6 heteroatoms. The summed E-state index contributed by atoms with van der Waals surface area (Å²) in [4.78, 5) is 12.2. The maximum Gasteiger partial charge on any atom is 0.264 e. The Morgan fingerprint density at radius 1 is 1.07 bits per heavy atom. The van der Waals surface area contributed by atoms with Crippen LogP contribution in [0.4, 0.5) is 0 Å². The summed E-state index contributed by atoms with van der Waals surface area (Å²) in [6.45, 7) is 8.10. The molecule has 5 nitrogen and oxygen atoms in total. The molecule has 0 saturated heterocycles. The van der Waals surface area contributed by atoms with Crippen molar-refractivity contribution < 1.29 is 17.9 Å². The van der Waals surface area contributed by atoms with Crippen molar-refractivity contribution in [2.24, 2.45) is 0 Å². The van der Waals surface area contributed by atoms with Crippen LogP contribution in [0.2, 0.25) is 0 Å². The van der Waals surface area contributed by atoms with Gasteiger partial charge in [-0.3, -0.25) is 4.79 Å². The highest BCUT2D eigenvalue weighted by Crippen LogP contribution is 2.26. The van der Waals surface area contributed by atoms with Crippen LogP contribution in [-0.4, -0.2) is 20.9 Å². The van der Waals surface area contributed by atoms with Crippen LogP contribution < -0.4 is 9.46 Å². The Labute approximate surface area is 161 Å². The lowest BCUT2D eigenvalue weighted by molar-refractivity contribution is -0.119. The first-order valence-corrected chi connectivity index (χ1v) is 10.4. The zero-order valence-electron chi connectivity index (χ0n) is 16.3. The number of hydrogen-bond acceptors (Lipinski definition) is 4. The fourth-order valence-electron chi connectivity index (χ4n) is 2.55. The minimum Gasteiger partial charge on any atom is -0.494 e. The third-order valence-corrected chi connectivity index (χ3v) is 5.67. The first-order chi connectivity index (χ1) is 12.6. The van der Waals surface area contributed by atoms with Crippen LogP contribution in [0, 0.1) is 6.92 Å². The normalized spacial score (nSPS) is 11.9. The highest BCUT2D eigenvalue weighted by molar-refractivity contribution is 7.90. The first-order valence-electron chi connectivity index (χ1n) is 8.94. The van der Waals surface area contributed by atoms with Crippen molar-refractivity contribution in [3.05, 3.63) is 59.7 Å². The van der Waals surface area contributed by atoms with Gasteiger partial charge in [-0.15, -0.1) is 0 Å². The second kappa shape index (κ2) is 8.57. The van der Waals surface area contributed by atoms with Crippen molar-refractivity contribution in [1.82, 2.24) is 4.72 Å². The number of nitrogens with one attached hydrogen (secondary N) is 1. The molecular formula is C21H27NO4S. The summed E-state index contributed by atoms with van der Waals surface area (Å²) in [6, 6.07) is 14.6. The fourth-order valence-corrected chi connectivity index (χ4v) is 3.84. The van der Waals surface area contributed by atoms with E-state index in [1.54, 1.807) is 19.1 Å². The number of rotatable bonds is 7. The number of aryl methyl sites for hydroxylation is 1. The lowest BCUT2D eigenvalue weighted by Crippen LogP contribution is -2.31. The predicted octanol–water partition coefficient (Wildman–Crippen LogP) is 3.96. The SMILES string of the molecule is Cc1ccc(C(C)(C)C)cc1S(=O)(=O)NC(=O)CCCOc1ccccc1. The van der Waals surface area contributed by atoms with Crippen molar-refractivity contribution in [3.63, 3.8) is 0 Å². The molecule has 2 aromatic rings. The molecule has 0 aliphatic rings. The number of hydrogen-bond donors (Lipinski definition) is 1. The van der Waals surface area contributed by atoms with Crippen LogP contribution in [-0.2, 0) is 20.2 Å². The van der Waals surface area contributed by atoms with Gasteiger partial charge in [0.05, 0.1) is 11.5 Å². The van der Waals surface area contributed by atoms with Gasteiger partial charge in [0.25, 0.3) is 10.0 Å². The smallest absolute Gasteiger partial charge is 0.264 e. The molecule has 27 heavy (non-hydrogen) atoms. The van der Waals surface area contributed by atoms with E-state index in [0.717, 1.165) is 11.3 Å². The lowest BCUT2D eigenvalue weighted by atomic mass is 9.87. The summed E-state index contributed by atoms with van der Waals surface area (Å²) in [5, 5.41) is 0. The Hall–Kier alpha value is -2.34. The van der Waals surface area contributed by atoms with Gasteiger partial charge < -0.3 is 4.74 Å². The molecule has 0 aliphatic carbocycles. The molecule has 0 radical (unpaired) electrons. The van der Waals surface area contributed by atoms with Crippen molar-refractivity contribution in [1.29, 1.82) is 0 Å². The standard InChI is InChI=1S/C21H27NO4S/c1-16-12-13-17(21(2,3)4)15-19(16)27(24,25)22-20(23)11-8-14-26-18-9-6-5-7-10-18/h5-7,9-10,12-13,15H,8,11,14H2,1-4H3,(H,22,23). The molecule has 0 aliphatic heterocycles. The molecule has 1 N–H and O–H groups in total. The maximum absolute atomic E-state index is 12.6. The molecule has 0 unspecified atom stereocenters. The van der Waals surface area contributed by atoms with Gasteiger partial charge >= 0.3 is 0 Å². The molecule has 0 fully saturated rings. The van der Waals surface area contributed by atoms with Crippen molar-refractivity contribution in [2.75, 3.05) is 6.61 Å². The molecule has 146 valence electrons. The predicted molar refractivity (Wildman–Crippen MR) is 106 cm³/mol. The van der Waals surface area contributed by atoms with Crippen LogP contribution in [0.5, 0.6) is 5.75 Å². The van der Waals surface area contributed by atoms with E-state index in [1.165, 1.54) is 0 Å². The number of sulfonamides is 1. The second-order valence-corrected chi connectivity index (χ2v) is 9.17. The Morgan fingerprint density at radius 2 is 1.74 bits per heavy atom. The van der Waals surface area contributed by atoms with E-state index in [1.807, 2.05) is 57.2 Å². The zero-order valence-corrected chi connectivity index (χ0v) is 17.1. The Kier molecular flexibility index (Phi) is 6.65. The van der Waals surface area contributed by atoms with Crippen molar-refractivity contribution >= 4 is 15.9 Å². The van der Waals surface area contributed by atoms with Crippen LogP contribution in [0.3, 0.4) is 0 Å². The van der Waals surface area contributed by atoms with Crippen LogP contribution in [0.15, 0.2) is 53.4 Å². The summed E-state index contributed by atoms with van der Waals surface area (Å²) >= 11 is 0. The molecule has 0 spiro atoms. The number of para-hydroxylation sites is 1. The highest BCUT2D eigenvalue weighted by atomic mass is 32.2. The molecule has 0 aromatic heterocycles. The van der Waals surface area contributed by atoms with E-state index in [0.29, 0.717) is 18.6 Å². The number of amides is 1.